The molecule has 0 unspecified atom stereocenters. The number of carbonyl (C=O) groups excluding carboxylic acids is 1. The Bertz CT molecular complexity index is 575. The van der Waals surface area contributed by atoms with Crippen LogP contribution in [0.3, 0.4) is 0 Å². The van der Waals surface area contributed by atoms with Gasteiger partial charge in [-0.3, -0.25) is 4.79 Å². The van der Waals surface area contributed by atoms with Gasteiger partial charge in [-0.05, 0) is 37.8 Å². The Morgan fingerprint density at radius 2 is 1.88 bits per heavy atom. The molecular formula is C16H20F2N2O4. The van der Waals surface area contributed by atoms with Crippen LogP contribution in [0.2, 0.25) is 0 Å². The number of urea groups is 1. The first-order valence-electron chi connectivity index (χ1n) is 7.76. The molecule has 8 heteroatoms. The first kappa shape index (κ1) is 18.0. The Hall–Kier alpha value is -2.38. The molecule has 0 heterocycles. The van der Waals surface area contributed by atoms with Crippen LogP contribution >= 0.6 is 0 Å². The predicted octanol–water partition coefficient (Wildman–Crippen LogP) is 3.10. The lowest BCUT2D eigenvalue weighted by Crippen LogP contribution is -2.41. The third-order valence-electron chi connectivity index (χ3n) is 3.91. The number of anilines is 1. The van der Waals surface area contributed by atoms with Gasteiger partial charge in [0, 0.05) is 6.04 Å². The minimum atomic E-state index is -2.60. The average Bonchev–Trinajstić information content (AvgIpc) is 2.54. The molecular weight excluding hydrogens is 322 g/mol. The van der Waals surface area contributed by atoms with Crippen molar-refractivity contribution in [2.45, 2.75) is 38.2 Å². The Labute approximate surface area is 138 Å². The zero-order valence-electron chi connectivity index (χ0n) is 13.0. The molecule has 0 aliphatic heterocycles. The molecule has 0 spiro atoms. The van der Waals surface area contributed by atoms with Crippen molar-refractivity contribution in [2.24, 2.45) is 5.92 Å². The number of benzene rings is 1. The first-order chi connectivity index (χ1) is 11.5. The van der Waals surface area contributed by atoms with Crippen molar-refractivity contribution in [2.75, 3.05) is 11.9 Å². The Morgan fingerprint density at radius 3 is 2.50 bits per heavy atom. The van der Waals surface area contributed by atoms with Gasteiger partial charge in [-0.1, -0.05) is 12.1 Å². The molecule has 1 aliphatic carbocycles. The molecule has 1 fully saturated rings. The fourth-order valence-corrected chi connectivity index (χ4v) is 2.68. The van der Waals surface area contributed by atoms with Crippen LogP contribution in [0.1, 0.15) is 25.7 Å². The van der Waals surface area contributed by atoms with Gasteiger partial charge >= 0.3 is 12.0 Å². The van der Waals surface area contributed by atoms with Gasteiger partial charge in [-0.2, -0.15) is 0 Å². The molecule has 2 rings (SSSR count). The second kappa shape index (κ2) is 8.47. The number of aliphatic carboxylic acids is 1. The van der Waals surface area contributed by atoms with Crippen LogP contribution in [-0.2, 0) is 4.79 Å². The van der Waals surface area contributed by atoms with E-state index < -0.39 is 25.0 Å². The number of carboxylic acids is 1. The first-order valence-corrected chi connectivity index (χ1v) is 7.76. The lowest BCUT2D eigenvalue weighted by Gasteiger charge is -2.27. The molecule has 0 atom stereocenters. The van der Waals surface area contributed by atoms with Crippen molar-refractivity contribution in [3.63, 3.8) is 0 Å². The molecule has 2 amide bonds. The van der Waals surface area contributed by atoms with Gasteiger partial charge in [-0.25, -0.2) is 13.6 Å². The van der Waals surface area contributed by atoms with Crippen molar-refractivity contribution in [3.8, 4) is 5.75 Å². The van der Waals surface area contributed by atoms with Crippen molar-refractivity contribution in [1.29, 1.82) is 0 Å². The number of hydrogen-bond donors (Lipinski definition) is 3. The quantitative estimate of drug-likeness (QED) is 0.741. The maximum absolute atomic E-state index is 12.2. The second-order valence-corrected chi connectivity index (χ2v) is 5.68. The van der Waals surface area contributed by atoms with E-state index in [0.717, 1.165) is 0 Å². The number of alkyl halides is 2. The molecule has 3 N–H and O–H groups in total. The molecule has 1 saturated carbocycles. The van der Waals surface area contributed by atoms with E-state index in [0.29, 0.717) is 31.4 Å². The van der Waals surface area contributed by atoms with E-state index in [1.807, 2.05) is 0 Å². The van der Waals surface area contributed by atoms with Crippen LogP contribution in [0.25, 0.3) is 0 Å². The van der Waals surface area contributed by atoms with Crippen LogP contribution < -0.4 is 15.4 Å². The number of carboxylic acid groups (broad SMARTS) is 1. The van der Waals surface area contributed by atoms with Crippen molar-refractivity contribution < 1.29 is 28.2 Å². The summed E-state index contributed by atoms with van der Waals surface area (Å²) in [6.07, 6.45) is -0.374. The summed E-state index contributed by atoms with van der Waals surface area (Å²) in [5.41, 5.74) is 0.301. The highest BCUT2D eigenvalue weighted by molar-refractivity contribution is 5.91. The van der Waals surface area contributed by atoms with Gasteiger partial charge in [0.05, 0.1) is 11.6 Å². The average molecular weight is 342 g/mol. The van der Waals surface area contributed by atoms with Crippen LogP contribution in [0, 0.1) is 5.92 Å². The number of ether oxygens (including phenoxy) is 1. The number of hydrogen-bond acceptors (Lipinski definition) is 3. The zero-order chi connectivity index (χ0) is 17.5. The summed E-state index contributed by atoms with van der Waals surface area (Å²) in [7, 11) is 0. The number of nitrogens with one attached hydrogen (secondary N) is 2. The largest absolute Gasteiger partial charge is 0.485 e. The number of para-hydroxylation sites is 2. The summed E-state index contributed by atoms with van der Waals surface area (Å²) in [4.78, 5) is 22.9. The summed E-state index contributed by atoms with van der Waals surface area (Å²) in [5.74, 6) is -0.986. The fourth-order valence-electron chi connectivity index (χ4n) is 2.68. The van der Waals surface area contributed by atoms with Crippen LogP contribution in [0.4, 0.5) is 19.3 Å². The normalized spacial score (nSPS) is 20.5. The van der Waals surface area contributed by atoms with Gasteiger partial charge in [0.25, 0.3) is 6.43 Å². The van der Waals surface area contributed by atoms with E-state index in [1.165, 1.54) is 6.07 Å². The van der Waals surface area contributed by atoms with Crippen molar-refractivity contribution >= 4 is 17.7 Å². The molecule has 24 heavy (non-hydrogen) atoms. The summed E-state index contributed by atoms with van der Waals surface area (Å²) in [6.45, 7) is -0.750. The smallest absolute Gasteiger partial charge is 0.319 e. The Balaban J connectivity index is 1.85. The summed E-state index contributed by atoms with van der Waals surface area (Å²) in [5, 5.41) is 14.3. The predicted molar refractivity (Wildman–Crippen MR) is 83.5 cm³/mol. The van der Waals surface area contributed by atoms with Gasteiger partial charge < -0.3 is 20.5 Å². The Kier molecular flexibility index (Phi) is 6.34. The van der Waals surface area contributed by atoms with E-state index in [2.05, 4.69) is 10.6 Å². The van der Waals surface area contributed by atoms with E-state index in [9.17, 15) is 18.4 Å². The number of carbonyl (C=O) groups is 2. The number of halogens is 2. The van der Waals surface area contributed by atoms with E-state index >= 15 is 0 Å². The van der Waals surface area contributed by atoms with Crippen molar-refractivity contribution in [3.05, 3.63) is 24.3 Å². The Morgan fingerprint density at radius 1 is 1.21 bits per heavy atom. The summed E-state index contributed by atoms with van der Waals surface area (Å²) >= 11 is 0. The standard InChI is InChI=1S/C16H20F2N2O4/c17-14(18)9-24-13-4-2-1-3-12(13)20-16(23)19-11-7-5-10(6-8-11)15(21)22/h1-4,10-11,14H,5-9H2,(H,21,22)(H2,19,20,23). The molecule has 0 radical (unpaired) electrons. The zero-order valence-corrected chi connectivity index (χ0v) is 13.0. The van der Waals surface area contributed by atoms with Gasteiger partial charge in [0.2, 0.25) is 0 Å². The van der Waals surface area contributed by atoms with E-state index in [-0.39, 0.29) is 17.7 Å². The lowest BCUT2D eigenvalue weighted by atomic mass is 9.86. The third-order valence-corrected chi connectivity index (χ3v) is 3.91. The molecule has 132 valence electrons. The fraction of sp³-hybridized carbons (Fsp3) is 0.500. The molecule has 1 aliphatic rings. The second-order valence-electron chi connectivity index (χ2n) is 5.68. The van der Waals surface area contributed by atoms with Gasteiger partial charge in [0.15, 0.2) is 0 Å². The number of rotatable bonds is 6. The monoisotopic (exact) mass is 342 g/mol. The highest BCUT2D eigenvalue weighted by Gasteiger charge is 2.26. The van der Waals surface area contributed by atoms with Gasteiger partial charge in [0.1, 0.15) is 12.4 Å². The minimum absolute atomic E-state index is 0.102. The van der Waals surface area contributed by atoms with Crippen LogP contribution in [0.15, 0.2) is 24.3 Å². The maximum Gasteiger partial charge on any atom is 0.319 e. The molecule has 0 saturated heterocycles. The third kappa shape index (κ3) is 5.36. The highest BCUT2D eigenvalue weighted by atomic mass is 19.3. The minimum Gasteiger partial charge on any atom is -0.485 e. The molecule has 1 aromatic carbocycles. The molecule has 0 aromatic heterocycles. The van der Waals surface area contributed by atoms with E-state index in [1.54, 1.807) is 18.2 Å². The van der Waals surface area contributed by atoms with E-state index in [4.69, 9.17) is 9.84 Å². The van der Waals surface area contributed by atoms with Crippen LogP contribution in [-0.4, -0.2) is 36.2 Å². The highest BCUT2D eigenvalue weighted by Crippen LogP contribution is 2.26. The topological polar surface area (TPSA) is 87.7 Å². The molecule has 0 bridgehead atoms. The van der Waals surface area contributed by atoms with Crippen molar-refractivity contribution in [1.82, 2.24) is 5.32 Å². The number of amides is 2. The van der Waals surface area contributed by atoms with Gasteiger partial charge in [-0.15, -0.1) is 0 Å². The summed E-state index contributed by atoms with van der Waals surface area (Å²) < 4.78 is 29.5. The maximum atomic E-state index is 12.2. The molecule has 6 nitrogen and oxygen atoms in total. The summed E-state index contributed by atoms with van der Waals surface area (Å²) in [6, 6.07) is 5.76. The van der Waals surface area contributed by atoms with Crippen LogP contribution in [0.5, 0.6) is 5.75 Å². The SMILES string of the molecule is O=C(Nc1ccccc1OCC(F)F)NC1CCC(C(=O)O)CC1. The molecule has 1 aromatic rings. The lowest BCUT2D eigenvalue weighted by molar-refractivity contribution is -0.142.